The van der Waals surface area contributed by atoms with Crippen LogP contribution in [0.4, 0.5) is 5.69 Å². The van der Waals surface area contributed by atoms with Gasteiger partial charge < -0.3 is 14.6 Å². The van der Waals surface area contributed by atoms with E-state index in [2.05, 4.69) is 11.4 Å². The highest BCUT2D eigenvalue weighted by atomic mass is 16.3. The molecule has 0 spiro atoms. The average Bonchev–Trinajstić information content (AvgIpc) is 3.53. The highest BCUT2D eigenvalue weighted by Gasteiger charge is 2.31. The van der Waals surface area contributed by atoms with Crippen molar-refractivity contribution in [3.8, 4) is 11.3 Å². The number of nitrogens with one attached hydrogen (secondary N) is 1. The van der Waals surface area contributed by atoms with E-state index in [9.17, 15) is 9.59 Å². The molecule has 2 heterocycles. The minimum atomic E-state index is 0.109. The van der Waals surface area contributed by atoms with Gasteiger partial charge in [0.05, 0.1) is 0 Å². The molecule has 0 atom stereocenters. The number of amides is 2. The number of fused-ring (bicyclic) bond motifs is 1. The van der Waals surface area contributed by atoms with E-state index in [-0.39, 0.29) is 17.7 Å². The summed E-state index contributed by atoms with van der Waals surface area (Å²) in [6.07, 6.45) is 8.46. The quantitative estimate of drug-likeness (QED) is 0.816. The van der Waals surface area contributed by atoms with Crippen LogP contribution in [0, 0.1) is 11.8 Å². The zero-order valence-corrected chi connectivity index (χ0v) is 16.8. The number of benzene rings is 1. The fourth-order valence-electron chi connectivity index (χ4n) is 4.61. The lowest BCUT2D eigenvalue weighted by Gasteiger charge is -2.31. The first kappa shape index (κ1) is 18.5. The summed E-state index contributed by atoms with van der Waals surface area (Å²) in [5.41, 5.74) is 2.88. The number of hydrogen-bond acceptors (Lipinski definition) is 3. The molecule has 2 amide bonds. The molecule has 5 heteroatoms. The Balaban J connectivity index is 1.30. The third-order valence-electron chi connectivity index (χ3n) is 6.50. The standard InChI is InChI=1S/C24H28N2O3/c27-23(16-9-10-16)25-20-8-4-7-18(13-20)22-14-19-15-26(12-11-21(19)29-22)24(28)17-5-2-1-3-6-17/h4,7-8,13-14,16-17H,1-3,5-6,9-12,15H2,(H,25,27). The maximum Gasteiger partial charge on any atom is 0.227 e. The van der Waals surface area contributed by atoms with Crippen LogP contribution in [-0.2, 0) is 22.6 Å². The predicted octanol–water partition coefficient (Wildman–Crippen LogP) is 4.76. The van der Waals surface area contributed by atoms with Gasteiger partial charge in [-0.15, -0.1) is 0 Å². The second-order valence-electron chi connectivity index (χ2n) is 8.75. The number of furan rings is 1. The molecular weight excluding hydrogens is 364 g/mol. The molecule has 5 rings (SSSR count). The summed E-state index contributed by atoms with van der Waals surface area (Å²) in [4.78, 5) is 27.0. The van der Waals surface area contributed by atoms with Crippen LogP contribution < -0.4 is 5.32 Å². The van der Waals surface area contributed by atoms with Crippen LogP contribution in [0.25, 0.3) is 11.3 Å². The number of carbonyl (C=O) groups is 2. The van der Waals surface area contributed by atoms with E-state index in [0.29, 0.717) is 12.5 Å². The summed E-state index contributed by atoms with van der Waals surface area (Å²) in [6.45, 7) is 1.39. The molecule has 0 bridgehead atoms. The molecule has 1 aliphatic heterocycles. The van der Waals surface area contributed by atoms with E-state index in [1.807, 2.05) is 29.2 Å². The summed E-state index contributed by atoms with van der Waals surface area (Å²) < 4.78 is 6.13. The van der Waals surface area contributed by atoms with E-state index in [1.165, 1.54) is 19.3 Å². The largest absolute Gasteiger partial charge is 0.461 e. The van der Waals surface area contributed by atoms with Gasteiger partial charge >= 0.3 is 0 Å². The van der Waals surface area contributed by atoms with Crippen molar-refractivity contribution in [3.05, 3.63) is 41.7 Å². The first-order valence-electron chi connectivity index (χ1n) is 11.0. The fraction of sp³-hybridized carbons (Fsp3) is 0.500. The molecule has 1 aromatic carbocycles. The van der Waals surface area contributed by atoms with Crippen molar-refractivity contribution in [1.82, 2.24) is 4.90 Å². The number of nitrogens with zero attached hydrogens (tertiary/aromatic N) is 1. The third-order valence-corrected chi connectivity index (χ3v) is 6.50. The van der Waals surface area contributed by atoms with E-state index < -0.39 is 0 Å². The minimum Gasteiger partial charge on any atom is -0.461 e. The zero-order chi connectivity index (χ0) is 19.8. The zero-order valence-electron chi connectivity index (χ0n) is 16.8. The van der Waals surface area contributed by atoms with Gasteiger partial charge in [0, 0.05) is 48.2 Å². The van der Waals surface area contributed by atoms with Gasteiger partial charge in [-0.3, -0.25) is 9.59 Å². The Kier molecular flexibility index (Phi) is 4.90. The molecule has 2 fully saturated rings. The summed E-state index contributed by atoms with van der Waals surface area (Å²) in [5, 5.41) is 3.00. The second kappa shape index (κ2) is 7.69. The van der Waals surface area contributed by atoms with Crippen molar-refractivity contribution in [1.29, 1.82) is 0 Å². The Morgan fingerprint density at radius 2 is 1.83 bits per heavy atom. The Hall–Kier alpha value is -2.56. The van der Waals surface area contributed by atoms with Gasteiger partial charge in [-0.05, 0) is 43.9 Å². The molecule has 2 aliphatic carbocycles. The number of carbonyl (C=O) groups excluding carboxylic acids is 2. The molecular formula is C24H28N2O3. The smallest absolute Gasteiger partial charge is 0.227 e. The Bertz CT molecular complexity index is 922. The molecule has 1 aromatic heterocycles. The Morgan fingerprint density at radius 3 is 2.62 bits per heavy atom. The van der Waals surface area contributed by atoms with E-state index in [4.69, 9.17) is 4.42 Å². The van der Waals surface area contributed by atoms with E-state index >= 15 is 0 Å². The summed E-state index contributed by atoms with van der Waals surface area (Å²) in [6, 6.07) is 9.89. The van der Waals surface area contributed by atoms with Gasteiger partial charge in [0.15, 0.2) is 0 Å². The predicted molar refractivity (Wildman–Crippen MR) is 111 cm³/mol. The number of hydrogen-bond donors (Lipinski definition) is 1. The first-order chi connectivity index (χ1) is 14.2. The van der Waals surface area contributed by atoms with Crippen molar-refractivity contribution < 1.29 is 14.0 Å². The average molecular weight is 392 g/mol. The fourth-order valence-corrected chi connectivity index (χ4v) is 4.61. The maximum atomic E-state index is 12.9. The van der Waals surface area contributed by atoms with Crippen LogP contribution in [-0.4, -0.2) is 23.3 Å². The van der Waals surface area contributed by atoms with Crippen molar-refractivity contribution in [3.63, 3.8) is 0 Å². The van der Waals surface area contributed by atoms with Crippen LogP contribution in [0.5, 0.6) is 0 Å². The SMILES string of the molecule is O=C(Nc1cccc(-c2cc3c(o2)CCN(C(=O)C2CCCCC2)C3)c1)C1CC1. The van der Waals surface area contributed by atoms with Crippen LogP contribution in [0.15, 0.2) is 34.7 Å². The van der Waals surface area contributed by atoms with Crippen LogP contribution in [0.2, 0.25) is 0 Å². The molecule has 3 aliphatic rings. The summed E-state index contributed by atoms with van der Waals surface area (Å²) in [7, 11) is 0. The van der Waals surface area contributed by atoms with Gasteiger partial charge in [0.25, 0.3) is 0 Å². The normalized spacial score (nSPS) is 19.7. The molecule has 5 nitrogen and oxygen atoms in total. The van der Waals surface area contributed by atoms with E-state index in [0.717, 1.165) is 67.0 Å². The monoisotopic (exact) mass is 392 g/mol. The highest BCUT2D eigenvalue weighted by molar-refractivity contribution is 5.94. The molecule has 152 valence electrons. The van der Waals surface area contributed by atoms with Crippen LogP contribution in [0.1, 0.15) is 56.3 Å². The Morgan fingerprint density at radius 1 is 1.00 bits per heavy atom. The highest BCUT2D eigenvalue weighted by Crippen LogP contribution is 2.34. The molecule has 29 heavy (non-hydrogen) atoms. The van der Waals surface area contributed by atoms with Crippen molar-refractivity contribution >= 4 is 17.5 Å². The lowest BCUT2D eigenvalue weighted by molar-refractivity contribution is -0.137. The molecule has 1 N–H and O–H groups in total. The van der Waals surface area contributed by atoms with Crippen molar-refractivity contribution in [2.45, 2.75) is 57.9 Å². The first-order valence-corrected chi connectivity index (χ1v) is 11.0. The van der Waals surface area contributed by atoms with Crippen molar-refractivity contribution in [2.75, 3.05) is 11.9 Å². The maximum absolute atomic E-state index is 12.9. The topological polar surface area (TPSA) is 62.6 Å². The van der Waals surface area contributed by atoms with Gasteiger partial charge in [-0.2, -0.15) is 0 Å². The number of anilines is 1. The molecule has 0 radical (unpaired) electrons. The molecule has 0 saturated heterocycles. The van der Waals surface area contributed by atoms with Gasteiger partial charge in [-0.1, -0.05) is 31.4 Å². The van der Waals surface area contributed by atoms with Crippen molar-refractivity contribution in [2.24, 2.45) is 11.8 Å². The van der Waals surface area contributed by atoms with Gasteiger partial charge in [0.1, 0.15) is 11.5 Å². The summed E-state index contributed by atoms with van der Waals surface area (Å²) in [5.74, 6) is 2.62. The van der Waals surface area contributed by atoms with Crippen LogP contribution >= 0.6 is 0 Å². The van der Waals surface area contributed by atoms with Gasteiger partial charge in [0.2, 0.25) is 11.8 Å². The lowest BCUT2D eigenvalue weighted by Crippen LogP contribution is -2.40. The van der Waals surface area contributed by atoms with Gasteiger partial charge in [-0.25, -0.2) is 0 Å². The Labute approximate surface area is 171 Å². The van der Waals surface area contributed by atoms with E-state index in [1.54, 1.807) is 0 Å². The minimum absolute atomic E-state index is 0.109. The number of rotatable bonds is 4. The molecule has 2 aromatic rings. The molecule has 0 unspecified atom stereocenters. The molecule has 2 saturated carbocycles. The lowest BCUT2D eigenvalue weighted by atomic mass is 9.88. The summed E-state index contributed by atoms with van der Waals surface area (Å²) >= 11 is 0. The van der Waals surface area contributed by atoms with Crippen LogP contribution in [0.3, 0.4) is 0 Å². The third kappa shape index (κ3) is 3.96. The second-order valence-corrected chi connectivity index (χ2v) is 8.75.